The van der Waals surface area contributed by atoms with Crippen molar-refractivity contribution in [3.05, 3.63) is 0 Å². The number of ketones is 2. The standard InChI is InChI=1S/C33H50O7/c1-19(34)40-23-10-11-30(6)21(27(23,2)3)18-33(38)20(24(30)35)16-32(8)22-17-29(5,26(37)39-9)13-12-28(22,4)14-15-31(32,7)25(33)36/h20-23,38H,10-18H2,1-9H3/t20-,21+,22-,23+,28-,29-,30+,31-,32+,33+/m1/s1. The van der Waals surface area contributed by atoms with Gasteiger partial charge in [0.05, 0.1) is 18.4 Å². The van der Waals surface area contributed by atoms with Crippen molar-refractivity contribution in [2.45, 2.75) is 125 Å². The van der Waals surface area contributed by atoms with Gasteiger partial charge < -0.3 is 14.6 Å². The van der Waals surface area contributed by atoms with Crippen LogP contribution >= 0.6 is 0 Å². The fourth-order valence-corrected chi connectivity index (χ4v) is 10.9. The molecule has 5 saturated carbocycles. The van der Waals surface area contributed by atoms with Crippen LogP contribution in [0.15, 0.2) is 0 Å². The Morgan fingerprint density at radius 3 is 2.08 bits per heavy atom. The van der Waals surface area contributed by atoms with Crippen molar-refractivity contribution in [1.82, 2.24) is 0 Å². The topological polar surface area (TPSA) is 107 Å². The van der Waals surface area contributed by atoms with Crippen molar-refractivity contribution in [3.63, 3.8) is 0 Å². The van der Waals surface area contributed by atoms with Gasteiger partial charge in [0.25, 0.3) is 0 Å². The zero-order chi connectivity index (χ0) is 29.9. The van der Waals surface area contributed by atoms with E-state index in [4.69, 9.17) is 9.47 Å². The molecule has 5 rings (SSSR count). The van der Waals surface area contributed by atoms with Crippen LogP contribution in [0.5, 0.6) is 0 Å². The second-order valence-corrected chi connectivity index (χ2v) is 16.2. The van der Waals surface area contributed by atoms with E-state index in [1.54, 1.807) is 0 Å². The van der Waals surface area contributed by atoms with Gasteiger partial charge in [0.1, 0.15) is 17.5 Å². The summed E-state index contributed by atoms with van der Waals surface area (Å²) in [6, 6.07) is 0. The first kappa shape index (κ1) is 29.7. The molecule has 0 aromatic carbocycles. The van der Waals surface area contributed by atoms with Crippen LogP contribution < -0.4 is 0 Å². The van der Waals surface area contributed by atoms with Gasteiger partial charge in [-0.1, -0.05) is 41.5 Å². The molecule has 5 aliphatic carbocycles. The van der Waals surface area contributed by atoms with E-state index in [-0.39, 0.29) is 53.3 Å². The highest BCUT2D eigenvalue weighted by molar-refractivity contribution is 6.02. The number of rotatable bonds is 2. The molecule has 0 aromatic heterocycles. The molecule has 0 spiro atoms. The van der Waals surface area contributed by atoms with E-state index in [9.17, 15) is 24.3 Å². The average molecular weight is 559 g/mol. The largest absolute Gasteiger partial charge is 0.469 e. The smallest absolute Gasteiger partial charge is 0.311 e. The normalized spacial score (nSPS) is 51.5. The SMILES string of the molecule is COC(=O)[C@]1(C)CC[C@]2(C)CC[C@]3(C)C(=O)[C@]4(O)C[C@H]5C(C)(C)[C@@H](OC(C)=O)CC[C@]5(C)C(=O)[C@H]4C[C@@]3(C)[C@@H]2C1. The number of hydrogen-bond acceptors (Lipinski definition) is 7. The lowest BCUT2D eigenvalue weighted by atomic mass is 9.33. The molecule has 10 atom stereocenters. The van der Waals surface area contributed by atoms with Crippen molar-refractivity contribution in [3.8, 4) is 0 Å². The molecule has 7 nitrogen and oxygen atoms in total. The zero-order valence-corrected chi connectivity index (χ0v) is 26.1. The Hall–Kier alpha value is -1.76. The number of carbonyl (C=O) groups is 4. The van der Waals surface area contributed by atoms with Crippen molar-refractivity contribution >= 4 is 23.5 Å². The van der Waals surface area contributed by atoms with Crippen LogP contribution in [-0.2, 0) is 28.7 Å². The molecule has 5 aliphatic rings. The van der Waals surface area contributed by atoms with Gasteiger partial charge in [-0.25, -0.2) is 0 Å². The predicted octanol–water partition coefficient (Wildman–Crippen LogP) is 5.45. The molecular formula is C33H50O7. The summed E-state index contributed by atoms with van der Waals surface area (Å²) in [5.41, 5.74) is -5.10. The molecule has 0 bridgehead atoms. The van der Waals surface area contributed by atoms with Gasteiger partial charge in [-0.05, 0) is 87.4 Å². The third kappa shape index (κ3) is 3.57. The van der Waals surface area contributed by atoms with Crippen LogP contribution in [0, 0.1) is 50.2 Å². The number of ether oxygens (including phenoxy) is 2. The zero-order valence-electron chi connectivity index (χ0n) is 26.1. The van der Waals surface area contributed by atoms with Gasteiger partial charge in [-0.2, -0.15) is 0 Å². The van der Waals surface area contributed by atoms with Crippen LogP contribution in [0.25, 0.3) is 0 Å². The Balaban J connectivity index is 1.58. The van der Waals surface area contributed by atoms with Crippen LogP contribution in [0.4, 0.5) is 0 Å². The summed E-state index contributed by atoms with van der Waals surface area (Å²) < 4.78 is 10.9. The Kier molecular flexibility index (Phi) is 6.42. The highest BCUT2D eigenvalue weighted by atomic mass is 16.5. The second kappa shape index (κ2) is 8.64. The predicted molar refractivity (Wildman–Crippen MR) is 149 cm³/mol. The number of fused-ring (bicyclic) bond motifs is 5. The number of Topliss-reactive ketones (excluding diaryl/α,β-unsaturated/α-hetero) is 2. The quantitative estimate of drug-likeness (QED) is 0.450. The molecule has 1 N–H and O–H groups in total. The first-order valence-electron chi connectivity index (χ1n) is 15.3. The average Bonchev–Trinajstić information content (AvgIpc) is 2.88. The molecule has 0 saturated heterocycles. The van der Waals surface area contributed by atoms with Crippen LogP contribution in [0.2, 0.25) is 0 Å². The molecule has 0 unspecified atom stereocenters. The third-order valence-corrected chi connectivity index (χ3v) is 13.9. The number of aliphatic hydroxyl groups is 1. The number of hydrogen-bond donors (Lipinski definition) is 1. The van der Waals surface area contributed by atoms with Gasteiger partial charge in [-0.15, -0.1) is 0 Å². The molecular weight excluding hydrogens is 508 g/mol. The van der Waals surface area contributed by atoms with Crippen molar-refractivity contribution in [2.75, 3.05) is 7.11 Å². The lowest BCUT2D eigenvalue weighted by Crippen LogP contribution is -2.75. The Morgan fingerprint density at radius 2 is 1.48 bits per heavy atom. The van der Waals surface area contributed by atoms with Crippen LogP contribution in [-0.4, -0.2) is 47.4 Å². The Labute approximate surface area is 239 Å². The lowest BCUT2D eigenvalue weighted by molar-refractivity contribution is -0.239. The summed E-state index contributed by atoms with van der Waals surface area (Å²) in [6.45, 7) is 15.9. The highest BCUT2D eigenvalue weighted by Gasteiger charge is 2.76. The maximum Gasteiger partial charge on any atom is 0.311 e. The minimum atomic E-state index is -1.75. The molecule has 0 heterocycles. The van der Waals surface area contributed by atoms with E-state index in [0.717, 1.165) is 19.3 Å². The summed E-state index contributed by atoms with van der Waals surface area (Å²) in [4.78, 5) is 54.3. The monoisotopic (exact) mass is 558 g/mol. The van der Waals surface area contributed by atoms with Gasteiger partial charge in [-0.3, -0.25) is 19.2 Å². The number of carbonyl (C=O) groups excluding carboxylic acids is 4. The maximum atomic E-state index is 14.8. The number of esters is 2. The maximum absolute atomic E-state index is 14.8. The van der Waals surface area contributed by atoms with Crippen molar-refractivity contribution in [1.29, 1.82) is 0 Å². The fourth-order valence-electron chi connectivity index (χ4n) is 10.9. The third-order valence-electron chi connectivity index (χ3n) is 13.9. The van der Waals surface area contributed by atoms with E-state index in [1.165, 1.54) is 14.0 Å². The number of methoxy groups -OCH3 is 1. The van der Waals surface area contributed by atoms with E-state index in [2.05, 4.69) is 13.8 Å². The first-order chi connectivity index (χ1) is 18.3. The minimum Gasteiger partial charge on any atom is -0.469 e. The minimum absolute atomic E-state index is 0.0176. The lowest BCUT2D eigenvalue weighted by Gasteiger charge is -2.70. The Bertz CT molecular complexity index is 1160. The van der Waals surface area contributed by atoms with E-state index in [1.807, 2.05) is 34.6 Å². The molecule has 0 aromatic rings. The summed E-state index contributed by atoms with van der Waals surface area (Å²) in [5, 5.41) is 12.4. The van der Waals surface area contributed by atoms with E-state index >= 15 is 0 Å². The van der Waals surface area contributed by atoms with Crippen molar-refractivity contribution < 1.29 is 33.8 Å². The van der Waals surface area contributed by atoms with Crippen molar-refractivity contribution in [2.24, 2.45) is 50.2 Å². The first-order valence-corrected chi connectivity index (χ1v) is 15.3. The Morgan fingerprint density at radius 1 is 0.850 bits per heavy atom. The van der Waals surface area contributed by atoms with Crippen LogP contribution in [0.3, 0.4) is 0 Å². The molecule has 0 radical (unpaired) electrons. The van der Waals surface area contributed by atoms with Gasteiger partial charge in [0.2, 0.25) is 0 Å². The second-order valence-electron chi connectivity index (χ2n) is 16.2. The highest BCUT2D eigenvalue weighted by Crippen LogP contribution is 2.73. The van der Waals surface area contributed by atoms with Gasteiger partial charge >= 0.3 is 11.9 Å². The molecule has 5 fully saturated rings. The molecule has 224 valence electrons. The summed E-state index contributed by atoms with van der Waals surface area (Å²) in [5.74, 6) is -1.82. The fraction of sp³-hybridized carbons (Fsp3) is 0.879. The molecule has 7 heteroatoms. The molecule has 40 heavy (non-hydrogen) atoms. The van der Waals surface area contributed by atoms with E-state index < -0.39 is 38.6 Å². The molecule has 0 amide bonds. The van der Waals surface area contributed by atoms with E-state index in [0.29, 0.717) is 32.1 Å². The summed E-state index contributed by atoms with van der Waals surface area (Å²) in [6.07, 6.45) is 5.17. The van der Waals surface area contributed by atoms with Gasteiger partial charge in [0, 0.05) is 23.2 Å². The van der Waals surface area contributed by atoms with Crippen LogP contribution in [0.1, 0.15) is 113 Å². The summed E-state index contributed by atoms with van der Waals surface area (Å²) in [7, 11) is 1.44. The molecule has 0 aliphatic heterocycles. The van der Waals surface area contributed by atoms with Gasteiger partial charge in [0.15, 0.2) is 5.78 Å². The summed E-state index contributed by atoms with van der Waals surface area (Å²) >= 11 is 0.